The van der Waals surface area contributed by atoms with Crippen molar-refractivity contribution in [1.29, 1.82) is 0 Å². The van der Waals surface area contributed by atoms with Crippen LogP contribution in [0.15, 0.2) is 35.5 Å². The third-order valence-electron chi connectivity index (χ3n) is 5.55. The van der Waals surface area contributed by atoms with Crippen molar-refractivity contribution in [2.45, 2.75) is 38.5 Å². The molecular formula is C21H25NO6. The molecule has 7 heteroatoms. The molecule has 7 nitrogen and oxygen atoms in total. The highest BCUT2D eigenvalue weighted by molar-refractivity contribution is 6.27. The number of hydrogen-bond donors (Lipinski definition) is 1. The van der Waals surface area contributed by atoms with Crippen molar-refractivity contribution >= 4 is 17.5 Å². The Morgan fingerprint density at radius 1 is 1.18 bits per heavy atom. The third-order valence-corrected chi connectivity index (χ3v) is 5.55. The van der Waals surface area contributed by atoms with Gasteiger partial charge in [-0.3, -0.25) is 14.4 Å². The van der Waals surface area contributed by atoms with Gasteiger partial charge in [-0.2, -0.15) is 0 Å². The van der Waals surface area contributed by atoms with Crippen LogP contribution in [-0.2, 0) is 14.3 Å². The largest absolute Gasteiger partial charge is 0.469 e. The van der Waals surface area contributed by atoms with Gasteiger partial charge in [-0.25, -0.2) is 0 Å². The fourth-order valence-corrected chi connectivity index (χ4v) is 4.31. The van der Waals surface area contributed by atoms with E-state index in [1.807, 2.05) is 13.8 Å². The molecule has 2 aliphatic rings. The molecule has 0 bridgehead atoms. The van der Waals surface area contributed by atoms with Crippen molar-refractivity contribution < 1.29 is 29.0 Å². The standard InChI is InChI=1S/C21H25NO6/c1-20(2,10-14(23)27-4)11-21(26)19(28-5)15-16(22(21)3)18(25)13-9-7-6-8-12(13)17(15)24/h6-9,19,26H,10-11H2,1-5H3. The quantitative estimate of drug-likeness (QED) is 0.772. The van der Waals surface area contributed by atoms with E-state index in [0.29, 0.717) is 11.1 Å². The van der Waals surface area contributed by atoms with Gasteiger partial charge in [0.05, 0.1) is 24.8 Å². The first kappa shape index (κ1) is 20.2. The fourth-order valence-electron chi connectivity index (χ4n) is 4.31. The first-order chi connectivity index (χ1) is 13.1. The third kappa shape index (κ3) is 2.95. The molecule has 1 heterocycles. The molecule has 2 unspecified atom stereocenters. The first-order valence-electron chi connectivity index (χ1n) is 9.06. The second kappa shape index (κ2) is 6.83. The summed E-state index contributed by atoms with van der Waals surface area (Å²) in [6.45, 7) is 3.64. The molecule has 2 atom stereocenters. The zero-order valence-electron chi connectivity index (χ0n) is 16.7. The second-order valence-corrected chi connectivity index (χ2v) is 8.11. The summed E-state index contributed by atoms with van der Waals surface area (Å²) >= 11 is 0. The van der Waals surface area contributed by atoms with Crippen LogP contribution in [-0.4, -0.2) is 60.6 Å². The van der Waals surface area contributed by atoms with Gasteiger partial charge in [0, 0.05) is 31.7 Å². The molecule has 0 fully saturated rings. The lowest BCUT2D eigenvalue weighted by Crippen LogP contribution is -2.54. The number of Topliss-reactive ketones (excluding diaryl/α,β-unsaturated/α-hetero) is 2. The predicted molar refractivity (Wildman–Crippen MR) is 101 cm³/mol. The molecule has 0 amide bonds. The van der Waals surface area contributed by atoms with Crippen LogP contribution >= 0.6 is 0 Å². The normalized spacial score (nSPS) is 24.4. The van der Waals surface area contributed by atoms with Gasteiger partial charge in [0.15, 0.2) is 11.5 Å². The molecule has 0 saturated heterocycles. The molecule has 0 radical (unpaired) electrons. The van der Waals surface area contributed by atoms with E-state index >= 15 is 0 Å². The number of allylic oxidation sites excluding steroid dienone is 1. The summed E-state index contributed by atoms with van der Waals surface area (Å²) in [6, 6.07) is 6.60. The highest BCUT2D eigenvalue weighted by atomic mass is 16.5. The Morgan fingerprint density at radius 3 is 2.29 bits per heavy atom. The van der Waals surface area contributed by atoms with Gasteiger partial charge in [-0.15, -0.1) is 0 Å². The predicted octanol–water partition coefficient (Wildman–Crippen LogP) is 1.95. The van der Waals surface area contributed by atoms with Crippen LogP contribution in [0, 0.1) is 5.41 Å². The first-order valence-corrected chi connectivity index (χ1v) is 9.06. The molecule has 3 rings (SSSR count). The maximum atomic E-state index is 13.1. The van der Waals surface area contributed by atoms with Gasteiger partial charge in [0.25, 0.3) is 0 Å². The maximum Gasteiger partial charge on any atom is 0.306 e. The number of nitrogens with zero attached hydrogens (tertiary/aromatic N) is 1. The van der Waals surface area contributed by atoms with Gasteiger partial charge >= 0.3 is 5.97 Å². The number of ether oxygens (including phenoxy) is 2. The summed E-state index contributed by atoms with van der Waals surface area (Å²) in [5.41, 5.74) is -1.41. The Morgan fingerprint density at radius 2 is 1.75 bits per heavy atom. The van der Waals surface area contributed by atoms with Crippen LogP contribution in [0.4, 0.5) is 0 Å². The fraction of sp³-hybridized carbons (Fsp3) is 0.476. The SMILES string of the molecule is COC(=O)CC(C)(C)CC1(O)C(OC)C2=C(C(=O)c3ccccc3C2=O)N1C. The van der Waals surface area contributed by atoms with Crippen molar-refractivity contribution in [1.82, 2.24) is 4.90 Å². The number of methoxy groups -OCH3 is 2. The van der Waals surface area contributed by atoms with Crippen LogP contribution in [0.5, 0.6) is 0 Å². The summed E-state index contributed by atoms with van der Waals surface area (Å²) in [6.07, 6.45) is -0.856. The molecule has 1 N–H and O–H groups in total. The molecule has 1 aliphatic carbocycles. The average Bonchev–Trinajstić information content (AvgIpc) is 2.86. The zero-order valence-corrected chi connectivity index (χ0v) is 16.7. The topological polar surface area (TPSA) is 93.1 Å². The Balaban J connectivity index is 2.04. The molecule has 150 valence electrons. The summed E-state index contributed by atoms with van der Waals surface area (Å²) in [7, 11) is 4.27. The minimum atomic E-state index is -1.66. The zero-order chi connectivity index (χ0) is 20.9. The van der Waals surface area contributed by atoms with Crippen molar-refractivity contribution in [3.63, 3.8) is 0 Å². The number of fused-ring (bicyclic) bond motifs is 1. The molecule has 0 spiro atoms. The number of ketones is 2. The summed E-state index contributed by atoms with van der Waals surface area (Å²) in [5, 5.41) is 11.6. The summed E-state index contributed by atoms with van der Waals surface area (Å²) in [4.78, 5) is 39.4. The lowest BCUT2D eigenvalue weighted by molar-refractivity contribution is -0.163. The van der Waals surface area contributed by atoms with Crippen molar-refractivity contribution in [2.75, 3.05) is 21.3 Å². The van der Waals surface area contributed by atoms with Gasteiger partial charge in [0.1, 0.15) is 6.10 Å². The molecule has 28 heavy (non-hydrogen) atoms. The van der Waals surface area contributed by atoms with E-state index in [-0.39, 0.29) is 35.7 Å². The number of likely N-dealkylation sites (N-methyl/N-ethyl adjacent to an activating group) is 1. The Hall–Kier alpha value is -2.51. The number of carbonyl (C=O) groups is 3. The number of rotatable bonds is 5. The van der Waals surface area contributed by atoms with Crippen LogP contribution in [0.3, 0.4) is 0 Å². The van der Waals surface area contributed by atoms with E-state index in [4.69, 9.17) is 9.47 Å². The van der Waals surface area contributed by atoms with E-state index in [1.165, 1.54) is 19.1 Å². The number of aliphatic hydroxyl groups is 1. The van der Waals surface area contributed by atoms with Crippen LogP contribution in [0.2, 0.25) is 0 Å². The van der Waals surface area contributed by atoms with Crippen molar-refractivity contribution in [3.05, 3.63) is 46.7 Å². The van der Waals surface area contributed by atoms with E-state index in [1.54, 1.807) is 31.3 Å². The monoisotopic (exact) mass is 387 g/mol. The molecule has 0 saturated carbocycles. The second-order valence-electron chi connectivity index (χ2n) is 8.11. The summed E-state index contributed by atoms with van der Waals surface area (Å²) in [5.74, 6) is -1.05. The van der Waals surface area contributed by atoms with E-state index in [2.05, 4.69) is 0 Å². The van der Waals surface area contributed by atoms with Gasteiger partial charge in [-0.1, -0.05) is 38.1 Å². The van der Waals surface area contributed by atoms with Crippen LogP contribution in [0.1, 0.15) is 47.4 Å². The van der Waals surface area contributed by atoms with Crippen LogP contribution in [0.25, 0.3) is 0 Å². The van der Waals surface area contributed by atoms with E-state index < -0.39 is 23.2 Å². The number of carbonyl (C=O) groups excluding carboxylic acids is 3. The molecule has 1 aromatic rings. The van der Waals surface area contributed by atoms with Crippen molar-refractivity contribution in [2.24, 2.45) is 5.41 Å². The van der Waals surface area contributed by atoms with E-state index in [9.17, 15) is 19.5 Å². The molecule has 1 aromatic carbocycles. The highest BCUT2D eigenvalue weighted by Crippen LogP contribution is 2.47. The molecule has 0 aromatic heterocycles. The minimum Gasteiger partial charge on any atom is -0.469 e. The molecule has 1 aliphatic heterocycles. The van der Waals surface area contributed by atoms with E-state index in [0.717, 1.165) is 0 Å². The average molecular weight is 387 g/mol. The van der Waals surface area contributed by atoms with Gasteiger partial charge in [-0.05, 0) is 5.41 Å². The van der Waals surface area contributed by atoms with Crippen molar-refractivity contribution in [3.8, 4) is 0 Å². The maximum absolute atomic E-state index is 13.1. The Kier molecular flexibility index (Phi) is 4.93. The molecular weight excluding hydrogens is 362 g/mol. The number of esters is 1. The highest BCUT2D eigenvalue weighted by Gasteiger charge is 2.58. The van der Waals surface area contributed by atoms with Crippen LogP contribution < -0.4 is 0 Å². The minimum absolute atomic E-state index is 0.0723. The Labute approximate surface area is 163 Å². The van der Waals surface area contributed by atoms with Gasteiger partial charge < -0.3 is 19.5 Å². The summed E-state index contributed by atoms with van der Waals surface area (Å²) < 4.78 is 10.3. The lowest BCUT2D eigenvalue weighted by atomic mass is 9.78. The Bertz CT molecular complexity index is 887. The van der Waals surface area contributed by atoms with Gasteiger partial charge in [0.2, 0.25) is 5.78 Å². The number of hydrogen-bond acceptors (Lipinski definition) is 7. The smallest absolute Gasteiger partial charge is 0.306 e. The number of benzene rings is 1. The lowest BCUT2D eigenvalue weighted by Gasteiger charge is -2.42.